The second-order valence-corrected chi connectivity index (χ2v) is 6.81. The fraction of sp³-hybridized carbons (Fsp3) is 0.562. The molecule has 0 aliphatic carbocycles. The molecule has 1 heterocycles. The second-order valence-electron chi connectivity index (χ2n) is 6.37. The van der Waals surface area contributed by atoms with Crippen molar-refractivity contribution in [2.45, 2.75) is 33.2 Å². The van der Waals surface area contributed by atoms with Gasteiger partial charge in [0.25, 0.3) is 0 Å². The fourth-order valence-electron chi connectivity index (χ4n) is 2.88. The summed E-state index contributed by atoms with van der Waals surface area (Å²) in [4.78, 5) is 13.6. The molecular weight excluding hydrogens is 290 g/mol. The SMILES string of the molecule is CC(C)(C(=O)O)C1CCCN(Cc2cc(Cl)ccc2O)C1. The van der Waals surface area contributed by atoms with Gasteiger partial charge < -0.3 is 10.2 Å². The van der Waals surface area contributed by atoms with Crippen LogP contribution in [0, 0.1) is 11.3 Å². The van der Waals surface area contributed by atoms with Crippen molar-refractivity contribution in [1.29, 1.82) is 0 Å². The molecule has 116 valence electrons. The molecule has 0 aromatic heterocycles. The van der Waals surface area contributed by atoms with Gasteiger partial charge in [-0.15, -0.1) is 0 Å². The molecule has 1 aromatic carbocycles. The van der Waals surface area contributed by atoms with Crippen LogP contribution in [0.1, 0.15) is 32.3 Å². The molecule has 2 rings (SSSR count). The molecule has 1 atom stereocenters. The average Bonchev–Trinajstić information content (AvgIpc) is 2.43. The molecule has 0 spiro atoms. The summed E-state index contributed by atoms with van der Waals surface area (Å²) >= 11 is 5.97. The first kappa shape index (κ1) is 16.1. The quantitative estimate of drug-likeness (QED) is 0.895. The van der Waals surface area contributed by atoms with E-state index in [1.807, 2.05) is 0 Å². The van der Waals surface area contributed by atoms with Crippen LogP contribution in [0.4, 0.5) is 0 Å². The minimum absolute atomic E-state index is 0.116. The van der Waals surface area contributed by atoms with E-state index in [0.717, 1.165) is 31.5 Å². The molecule has 1 aliphatic rings. The van der Waals surface area contributed by atoms with E-state index in [4.69, 9.17) is 11.6 Å². The van der Waals surface area contributed by atoms with Crippen LogP contribution >= 0.6 is 11.6 Å². The number of hydrogen-bond donors (Lipinski definition) is 2. The number of hydrogen-bond acceptors (Lipinski definition) is 3. The number of carbonyl (C=O) groups is 1. The van der Waals surface area contributed by atoms with E-state index < -0.39 is 11.4 Å². The number of piperidine rings is 1. The van der Waals surface area contributed by atoms with Crippen LogP contribution in [0.15, 0.2) is 18.2 Å². The van der Waals surface area contributed by atoms with Gasteiger partial charge in [-0.05, 0) is 57.4 Å². The number of halogens is 1. The molecule has 4 nitrogen and oxygen atoms in total. The van der Waals surface area contributed by atoms with E-state index in [0.29, 0.717) is 11.6 Å². The zero-order chi connectivity index (χ0) is 15.6. The van der Waals surface area contributed by atoms with Crippen molar-refractivity contribution in [3.8, 4) is 5.75 Å². The summed E-state index contributed by atoms with van der Waals surface area (Å²) in [5.41, 5.74) is 0.0611. The minimum Gasteiger partial charge on any atom is -0.508 e. The zero-order valence-corrected chi connectivity index (χ0v) is 13.2. The van der Waals surface area contributed by atoms with Crippen LogP contribution < -0.4 is 0 Å². The van der Waals surface area contributed by atoms with Gasteiger partial charge in [-0.2, -0.15) is 0 Å². The number of carboxylic acids is 1. The van der Waals surface area contributed by atoms with Crippen LogP contribution in [-0.4, -0.2) is 34.2 Å². The summed E-state index contributed by atoms with van der Waals surface area (Å²) in [6.07, 6.45) is 1.90. The van der Waals surface area contributed by atoms with Crippen molar-refractivity contribution in [3.05, 3.63) is 28.8 Å². The maximum Gasteiger partial charge on any atom is 0.309 e. The number of benzene rings is 1. The van der Waals surface area contributed by atoms with Crippen molar-refractivity contribution in [2.75, 3.05) is 13.1 Å². The van der Waals surface area contributed by atoms with E-state index >= 15 is 0 Å². The maximum atomic E-state index is 11.4. The van der Waals surface area contributed by atoms with Crippen molar-refractivity contribution in [2.24, 2.45) is 11.3 Å². The molecule has 1 saturated heterocycles. The summed E-state index contributed by atoms with van der Waals surface area (Å²) in [7, 11) is 0. The van der Waals surface area contributed by atoms with Crippen molar-refractivity contribution < 1.29 is 15.0 Å². The molecular formula is C16H22ClNO3. The third-order valence-corrected chi connectivity index (χ3v) is 4.75. The molecule has 0 saturated carbocycles. The predicted octanol–water partition coefficient (Wildman–Crippen LogP) is 3.37. The Hall–Kier alpha value is -1.26. The van der Waals surface area contributed by atoms with Crippen LogP contribution in [0.5, 0.6) is 5.75 Å². The van der Waals surface area contributed by atoms with E-state index in [9.17, 15) is 15.0 Å². The summed E-state index contributed by atoms with van der Waals surface area (Å²) in [6, 6.07) is 5.02. The lowest BCUT2D eigenvalue weighted by Crippen LogP contribution is -2.44. The highest BCUT2D eigenvalue weighted by Gasteiger charge is 2.39. The average molecular weight is 312 g/mol. The summed E-state index contributed by atoms with van der Waals surface area (Å²) < 4.78 is 0. The van der Waals surface area contributed by atoms with Crippen molar-refractivity contribution in [1.82, 2.24) is 4.90 Å². The Morgan fingerprint density at radius 2 is 2.19 bits per heavy atom. The molecule has 0 amide bonds. The molecule has 5 heteroatoms. The molecule has 0 bridgehead atoms. The van der Waals surface area contributed by atoms with Gasteiger partial charge in [0.05, 0.1) is 5.41 Å². The van der Waals surface area contributed by atoms with Gasteiger partial charge in [0.2, 0.25) is 0 Å². The summed E-state index contributed by atoms with van der Waals surface area (Å²) in [5.74, 6) is -0.399. The number of aromatic hydroxyl groups is 1. The monoisotopic (exact) mass is 311 g/mol. The van der Waals surface area contributed by atoms with Crippen LogP contribution in [0.25, 0.3) is 0 Å². The Morgan fingerprint density at radius 3 is 2.86 bits per heavy atom. The third-order valence-electron chi connectivity index (χ3n) is 4.51. The first-order valence-corrected chi connectivity index (χ1v) is 7.61. The summed E-state index contributed by atoms with van der Waals surface area (Å²) in [5, 5.41) is 19.9. The highest BCUT2D eigenvalue weighted by Crippen LogP contribution is 2.35. The molecule has 2 N–H and O–H groups in total. The Kier molecular flexibility index (Phi) is 4.79. The highest BCUT2D eigenvalue weighted by atomic mass is 35.5. The Morgan fingerprint density at radius 1 is 1.48 bits per heavy atom. The Labute approximate surface area is 130 Å². The number of phenolic OH excluding ortho intramolecular Hbond substituents is 1. The number of nitrogens with zero attached hydrogens (tertiary/aromatic N) is 1. The smallest absolute Gasteiger partial charge is 0.309 e. The molecule has 1 aliphatic heterocycles. The zero-order valence-electron chi connectivity index (χ0n) is 12.5. The largest absolute Gasteiger partial charge is 0.508 e. The normalized spacial score (nSPS) is 20.4. The Balaban J connectivity index is 2.08. The minimum atomic E-state index is -0.750. The Bertz CT molecular complexity index is 530. The van der Waals surface area contributed by atoms with E-state index in [1.54, 1.807) is 32.0 Å². The van der Waals surface area contributed by atoms with Crippen LogP contribution in [0.2, 0.25) is 5.02 Å². The number of rotatable bonds is 4. The second kappa shape index (κ2) is 6.24. The molecule has 21 heavy (non-hydrogen) atoms. The number of aliphatic carboxylic acids is 1. The number of phenols is 1. The van der Waals surface area contributed by atoms with Crippen LogP contribution in [0.3, 0.4) is 0 Å². The van der Waals surface area contributed by atoms with Gasteiger partial charge in [0.1, 0.15) is 5.75 Å². The van der Waals surface area contributed by atoms with E-state index in [1.165, 1.54) is 0 Å². The van der Waals surface area contributed by atoms with Crippen LogP contribution in [-0.2, 0) is 11.3 Å². The predicted molar refractivity (Wildman–Crippen MR) is 82.5 cm³/mol. The lowest BCUT2D eigenvalue weighted by molar-refractivity contribution is -0.151. The van der Waals surface area contributed by atoms with Gasteiger partial charge in [0, 0.05) is 23.7 Å². The molecule has 1 aromatic rings. The lowest BCUT2D eigenvalue weighted by atomic mass is 9.74. The first-order valence-electron chi connectivity index (χ1n) is 7.24. The molecule has 0 radical (unpaired) electrons. The standard InChI is InChI=1S/C16H22ClNO3/c1-16(2,15(20)21)12-4-3-7-18(10-12)9-11-8-13(17)5-6-14(11)19/h5-6,8,12,19H,3-4,7,9-10H2,1-2H3,(H,20,21). The van der Waals surface area contributed by atoms with E-state index in [2.05, 4.69) is 4.90 Å². The van der Waals surface area contributed by atoms with E-state index in [-0.39, 0.29) is 11.7 Å². The first-order chi connectivity index (χ1) is 9.80. The number of likely N-dealkylation sites (tertiary alicyclic amines) is 1. The third kappa shape index (κ3) is 3.69. The molecule has 1 unspecified atom stereocenters. The van der Waals surface area contributed by atoms with Crippen molar-refractivity contribution in [3.63, 3.8) is 0 Å². The highest BCUT2D eigenvalue weighted by molar-refractivity contribution is 6.30. The van der Waals surface area contributed by atoms with Gasteiger partial charge in [0.15, 0.2) is 0 Å². The van der Waals surface area contributed by atoms with Crippen molar-refractivity contribution >= 4 is 17.6 Å². The molecule has 1 fully saturated rings. The maximum absolute atomic E-state index is 11.4. The van der Waals surface area contributed by atoms with Gasteiger partial charge in [-0.1, -0.05) is 11.6 Å². The van der Waals surface area contributed by atoms with Gasteiger partial charge in [-0.3, -0.25) is 9.69 Å². The van der Waals surface area contributed by atoms with Gasteiger partial charge >= 0.3 is 5.97 Å². The fourth-order valence-corrected chi connectivity index (χ4v) is 3.08. The number of carboxylic acid groups (broad SMARTS) is 1. The topological polar surface area (TPSA) is 60.8 Å². The lowest BCUT2D eigenvalue weighted by Gasteiger charge is -2.39. The van der Waals surface area contributed by atoms with Gasteiger partial charge in [-0.25, -0.2) is 0 Å². The summed E-state index contributed by atoms with van der Waals surface area (Å²) in [6.45, 7) is 5.82.